The molecule has 1 amide bonds. The number of halogens is 2. The molecule has 1 aromatic heterocycles. The van der Waals surface area contributed by atoms with Crippen molar-refractivity contribution in [2.24, 2.45) is 5.92 Å². The lowest BCUT2D eigenvalue weighted by molar-refractivity contribution is -0.137. The normalized spacial score (nSPS) is 12.9. The van der Waals surface area contributed by atoms with Crippen LogP contribution in [0.1, 0.15) is 36.1 Å². The molecule has 0 saturated heterocycles. The first kappa shape index (κ1) is 27.9. The van der Waals surface area contributed by atoms with Gasteiger partial charge in [0, 0.05) is 27.2 Å². The number of carbonyl (C=O) groups is 2. The molecule has 9 heteroatoms. The average Bonchev–Trinajstić information content (AvgIpc) is 2.84. The number of nitrogens with one attached hydrogen (secondary N) is 1. The Morgan fingerprint density at radius 3 is 2.44 bits per heavy atom. The summed E-state index contributed by atoms with van der Waals surface area (Å²) in [5.74, 6) is -0.584. The van der Waals surface area contributed by atoms with Crippen molar-refractivity contribution in [3.8, 4) is 5.75 Å². The van der Waals surface area contributed by atoms with Crippen LogP contribution in [0.2, 0.25) is 0 Å². The number of amides is 1. The molecule has 1 heterocycles. The Hall–Kier alpha value is -2.65. The van der Waals surface area contributed by atoms with Crippen LogP contribution in [0.15, 0.2) is 51.7 Å². The van der Waals surface area contributed by atoms with Crippen molar-refractivity contribution in [1.29, 1.82) is 0 Å². The van der Waals surface area contributed by atoms with Gasteiger partial charge in [0.15, 0.2) is 0 Å². The number of ether oxygens (including phenoxy) is 2. The van der Waals surface area contributed by atoms with E-state index in [1.165, 1.54) is 6.07 Å². The molecule has 3 aromatic rings. The summed E-state index contributed by atoms with van der Waals surface area (Å²) >= 11 is 7.08. The van der Waals surface area contributed by atoms with Crippen LogP contribution in [0.3, 0.4) is 0 Å². The summed E-state index contributed by atoms with van der Waals surface area (Å²) in [7, 11) is 0. The van der Waals surface area contributed by atoms with E-state index in [-0.39, 0.29) is 17.4 Å². The summed E-state index contributed by atoms with van der Waals surface area (Å²) in [6, 6.07) is 11.6. The highest BCUT2D eigenvalue weighted by molar-refractivity contribution is 9.12. The number of rotatable bonds is 9. The van der Waals surface area contributed by atoms with E-state index in [0.29, 0.717) is 28.6 Å². The van der Waals surface area contributed by atoms with Gasteiger partial charge in [-0.1, -0.05) is 76.0 Å². The first-order chi connectivity index (χ1) is 17.1. The van der Waals surface area contributed by atoms with Gasteiger partial charge in [-0.3, -0.25) is 0 Å². The lowest BCUT2D eigenvalue weighted by Crippen LogP contribution is -2.46. The average molecular weight is 623 g/mol. The van der Waals surface area contributed by atoms with Crippen molar-refractivity contribution < 1.29 is 23.5 Å². The summed E-state index contributed by atoms with van der Waals surface area (Å²) in [6.45, 7) is 7.28. The molecule has 1 N–H and O–H groups in total. The van der Waals surface area contributed by atoms with Gasteiger partial charge < -0.3 is 19.2 Å². The topological polar surface area (TPSA) is 94.8 Å². The maximum Gasteiger partial charge on any atom is 0.408 e. The maximum absolute atomic E-state index is 13.3. The number of aryl methyl sites for hydroxylation is 2. The maximum atomic E-state index is 13.3. The van der Waals surface area contributed by atoms with Gasteiger partial charge in [0.1, 0.15) is 24.0 Å². The predicted octanol–water partition coefficient (Wildman–Crippen LogP) is 5.97. The molecule has 7 nitrogen and oxygen atoms in total. The molecule has 0 aliphatic carbocycles. The minimum absolute atomic E-state index is 0.0785. The number of carbonyl (C=O) groups excluding carboxylic acids is 2. The summed E-state index contributed by atoms with van der Waals surface area (Å²) in [6.07, 6.45) is -0.159. The molecular formula is C27H29Br2NO6. The van der Waals surface area contributed by atoms with Gasteiger partial charge in [-0.15, -0.1) is 0 Å². The van der Waals surface area contributed by atoms with Crippen LogP contribution >= 0.6 is 31.9 Å². The van der Waals surface area contributed by atoms with E-state index in [1.54, 1.807) is 20.8 Å². The molecule has 0 unspecified atom stereocenters. The lowest BCUT2D eigenvalue weighted by atomic mass is 9.99. The second-order valence-electron chi connectivity index (χ2n) is 8.92. The summed E-state index contributed by atoms with van der Waals surface area (Å²) < 4.78 is 16.6. The zero-order valence-corrected chi connectivity index (χ0v) is 23.8. The van der Waals surface area contributed by atoms with E-state index in [0.717, 1.165) is 22.1 Å². The fourth-order valence-electron chi connectivity index (χ4n) is 3.80. The highest BCUT2D eigenvalue weighted by Crippen LogP contribution is 2.34. The van der Waals surface area contributed by atoms with Crippen LogP contribution in [0.4, 0.5) is 4.79 Å². The van der Waals surface area contributed by atoms with Crippen LogP contribution in [0.25, 0.3) is 11.0 Å². The number of alkyl carbamates (subject to hydrolysis) is 1. The third-order valence-corrected chi connectivity index (χ3v) is 8.01. The molecule has 0 saturated carbocycles. The van der Waals surface area contributed by atoms with Crippen molar-refractivity contribution in [2.75, 3.05) is 5.33 Å². The summed E-state index contributed by atoms with van der Waals surface area (Å²) in [5, 5.41) is 4.09. The number of hydrogen-bond acceptors (Lipinski definition) is 6. The van der Waals surface area contributed by atoms with Gasteiger partial charge in [-0.25, -0.2) is 14.4 Å². The third kappa shape index (κ3) is 6.97. The molecule has 0 bridgehead atoms. The zero-order chi connectivity index (χ0) is 26.4. The van der Waals surface area contributed by atoms with Crippen molar-refractivity contribution in [2.45, 2.75) is 51.6 Å². The SMILES string of the molecule is Cc1cc(=O)oc2c(C)c(OC(=O)[C@H](NC(=O)OCc3ccccc3)C(C)C)c(C[C@H](Br)CBr)cc12. The second-order valence-corrected chi connectivity index (χ2v) is 10.9. The number of benzene rings is 2. The van der Waals surface area contributed by atoms with Gasteiger partial charge in [0.2, 0.25) is 0 Å². The molecule has 2 aromatic carbocycles. The van der Waals surface area contributed by atoms with Crippen molar-refractivity contribution in [3.05, 3.63) is 75.1 Å². The first-order valence-electron chi connectivity index (χ1n) is 11.6. The quantitative estimate of drug-likeness (QED) is 0.137. The third-order valence-electron chi connectivity index (χ3n) is 5.72. The van der Waals surface area contributed by atoms with E-state index in [1.807, 2.05) is 43.3 Å². The Balaban J connectivity index is 1.88. The van der Waals surface area contributed by atoms with Crippen molar-refractivity contribution in [3.63, 3.8) is 0 Å². The van der Waals surface area contributed by atoms with Gasteiger partial charge in [0.25, 0.3) is 0 Å². The zero-order valence-electron chi connectivity index (χ0n) is 20.6. The molecule has 36 heavy (non-hydrogen) atoms. The van der Waals surface area contributed by atoms with Crippen LogP contribution < -0.4 is 15.7 Å². The summed E-state index contributed by atoms with van der Waals surface area (Å²) in [5.41, 5.74) is 2.82. The Morgan fingerprint density at radius 1 is 1.11 bits per heavy atom. The predicted molar refractivity (Wildman–Crippen MR) is 146 cm³/mol. The number of fused-ring (bicyclic) bond motifs is 1. The number of hydrogen-bond donors (Lipinski definition) is 1. The molecule has 0 fully saturated rings. The van der Waals surface area contributed by atoms with Crippen LogP contribution in [-0.2, 0) is 22.6 Å². The highest BCUT2D eigenvalue weighted by atomic mass is 79.9. The van der Waals surface area contributed by atoms with Gasteiger partial charge in [-0.05, 0) is 48.9 Å². The minimum atomic E-state index is -0.948. The second kappa shape index (κ2) is 12.5. The molecule has 2 atom stereocenters. The molecular weight excluding hydrogens is 594 g/mol. The first-order valence-corrected chi connectivity index (χ1v) is 13.6. The van der Waals surface area contributed by atoms with E-state index in [2.05, 4.69) is 37.2 Å². The Bertz CT molecular complexity index is 1290. The molecule has 192 valence electrons. The summed E-state index contributed by atoms with van der Waals surface area (Å²) in [4.78, 5) is 37.9. The van der Waals surface area contributed by atoms with Gasteiger partial charge >= 0.3 is 17.7 Å². The van der Waals surface area contributed by atoms with Crippen molar-refractivity contribution in [1.82, 2.24) is 5.32 Å². The Labute approximate surface area is 226 Å². The molecule has 0 aliphatic heterocycles. The van der Waals surface area contributed by atoms with Crippen LogP contribution in [0.5, 0.6) is 5.75 Å². The van der Waals surface area contributed by atoms with Gasteiger partial charge in [0.05, 0.1) is 0 Å². The Morgan fingerprint density at radius 2 is 1.81 bits per heavy atom. The van der Waals surface area contributed by atoms with E-state index in [9.17, 15) is 14.4 Å². The Kier molecular flexibility index (Phi) is 9.73. The largest absolute Gasteiger partial charge is 0.445 e. The standard InChI is InChI=1S/C27H29Br2NO6/c1-15(2)23(30-27(33)34-14-18-8-6-5-7-9-18)26(32)36-24-17(4)25-21(16(3)10-22(31)35-25)12-19(24)11-20(29)13-28/h5-10,12,15,20,23H,11,13-14H2,1-4H3,(H,30,33)/t20-,23+/m0/s1. The lowest BCUT2D eigenvalue weighted by Gasteiger charge is -2.23. The smallest absolute Gasteiger partial charge is 0.408 e. The van der Waals surface area contributed by atoms with Gasteiger partial charge in [-0.2, -0.15) is 0 Å². The number of esters is 1. The molecule has 3 rings (SSSR count). The fourth-order valence-corrected chi connectivity index (χ4v) is 4.38. The molecule has 0 aliphatic rings. The monoisotopic (exact) mass is 621 g/mol. The van der Waals surface area contributed by atoms with Crippen molar-refractivity contribution >= 4 is 54.9 Å². The van der Waals surface area contributed by atoms with E-state index >= 15 is 0 Å². The molecule has 0 spiro atoms. The highest BCUT2D eigenvalue weighted by Gasteiger charge is 2.29. The number of alkyl halides is 2. The van der Waals surface area contributed by atoms with E-state index < -0.39 is 23.7 Å². The van der Waals surface area contributed by atoms with E-state index in [4.69, 9.17) is 13.9 Å². The minimum Gasteiger partial charge on any atom is -0.445 e. The molecule has 0 radical (unpaired) electrons. The van der Waals surface area contributed by atoms with Crippen LogP contribution in [-0.4, -0.2) is 28.3 Å². The fraction of sp³-hybridized carbons (Fsp3) is 0.370. The van der Waals surface area contributed by atoms with Crippen LogP contribution in [0, 0.1) is 19.8 Å².